The Morgan fingerprint density at radius 3 is 1.76 bits per heavy atom. The second kappa shape index (κ2) is 11.6. The van der Waals surface area contributed by atoms with Gasteiger partial charge in [-0.05, 0) is 40.5 Å². The van der Waals surface area contributed by atoms with Gasteiger partial charge in [-0.2, -0.15) is 13.2 Å². The molecule has 5 rings (SSSR count). The lowest BCUT2D eigenvalue weighted by atomic mass is 9.82. The quantitative estimate of drug-likeness (QED) is 0.128. The Morgan fingerprint density at radius 1 is 0.805 bits per heavy atom. The summed E-state index contributed by atoms with van der Waals surface area (Å²) in [7, 11) is 0. The van der Waals surface area contributed by atoms with Crippen molar-refractivity contribution in [2.75, 3.05) is 13.1 Å². The van der Waals surface area contributed by atoms with Gasteiger partial charge in [0.1, 0.15) is 5.60 Å². The number of ketones is 1. The predicted molar refractivity (Wildman–Crippen MR) is 156 cm³/mol. The molecule has 1 heterocycles. The minimum Gasteiger partial charge on any atom is -0.382 e. The molecule has 4 aromatic rings. The summed E-state index contributed by atoms with van der Waals surface area (Å²) in [6, 6.07) is 27.9. The molecule has 210 valence electrons. The lowest BCUT2D eigenvalue weighted by molar-refractivity contribution is -0.116. The first-order valence-electron chi connectivity index (χ1n) is 12.6. The zero-order valence-electron chi connectivity index (χ0n) is 21.4. The smallest absolute Gasteiger partial charge is 0.382 e. The number of halogens is 6. The standard InChI is InChI=1S/C32H23Cl3F3NO2/c33-26-15-23(16-27(34)29(26)35)25(32(36,37)38)17-28(40)20-11-13-24(14-12-20)31(41)18-39(19-31)30(21-7-3-1-4-8-21)22-9-5-2-6-10-22/h1-17,30,41H,18-19H2. The molecule has 3 nitrogen and oxygen atoms in total. The highest BCUT2D eigenvalue weighted by atomic mass is 35.5. The lowest BCUT2D eigenvalue weighted by Gasteiger charge is -2.50. The van der Waals surface area contributed by atoms with Gasteiger partial charge >= 0.3 is 6.18 Å². The van der Waals surface area contributed by atoms with Gasteiger partial charge in [0, 0.05) is 18.7 Å². The zero-order valence-corrected chi connectivity index (χ0v) is 23.6. The molecule has 0 radical (unpaired) electrons. The third kappa shape index (κ3) is 6.22. The Morgan fingerprint density at radius 2 is 1.29 bits per heavy atom. The van der Waals surface area contributed by atoms with Crippen LogP contribution in [0.3, 0.4) is 0 Å². The third-order valence-corrected chi connectivity index (χ3v) is 8.30. The number of nitrogens with zero attached hydrogens (tertiary/aromatic N) is 1. The van der Waals surface area contributed by atoms with Gasteiger partial charge in [-0.25, -0.2) is 0 Å². The van der Waals surface area contributed by atoms with Crippen LogP contribution in [0, 0.1) is 0 Å². The normalized spacial score (nSPS) is 15.6. The number of benzene rings is 4. The third-order valence-electron chi connectivity index (χ3n) is 7.11. The first-order valence-corrected chi connectivity index (χ1v) is 13.7. The number of likely N-dealkylation sites (tertiary alicyclic amines) is 1. The summed E-state index contributed by atoms with van der Waals surface area (Å²) in [5.74, 6) is -0.860. The van der Waals surface area contributed by atoms with Gasteiger partial charge in [0.2, 0.25) is 0 Å². The van der Waals surface area contributed by atoms with E-state index in [2.05, 4.69) is 4.90 Å². The minimum absolute atomic E-state index is 0.0351. The molecule has 0 spiro atoms. The maximum Gasteiger partial charge on any atom is 0.417 e. The SMILES string of the molecule is O=C(C=C(c1cc(Cl)c(Cl)c(Cl)c1)C(F)(F)F)c1ccc(C2(O)CN(C(c3ccccc3)c3ccccc3)C2)cc1. The Bertz CT molecular complexity index is 1520. The van der Waals surface area contributed by atoms with E-state index in [-0.39, 0.29) is 32.2 Å². The van der Waals surface area contributed by atoms with E-state index in [1.165, 1.54) is 12.1 Å². The number of hydrogen-bond acceptors (Lipinski definition) is 3. The molecule has 0 aliphatic carbocycles. The van der Waals surface area contributed by atoms with Crippen LogP contribution in [0.4, 0.5) is 13.2 Å². The Kier molecular flexibility index (Phi) is 8.33. The topological polar surface area (TPSA) is 40.5 Å². The fourth-order valence-electron chi connectivity index (χ4n) is 5.07. The molecule has 0 atom stereocenters. The van der Waals surface area contributed by atoms with Crippen molar-refractivity contribution in [2.45, 2.75) is 17.8 Å². The van der Waals surface area contributed by atoms with E-state index < -0.39 is 23.1 Å². The Labute approximate surface area is 250 Å². The summed E-state index contributed by atoms with van der Waals surface area (Å²) in [6.45, 7) is 0.677. The fraction of sp³-hybridized carbons (Fsp3) is 0.156. The van der Waals surface area contributed by atoms with Crippen molar-refractivity contribution in [3.63, 3.8) is 0 Å². The van der Waals surface area contributed by atoms with E-state index in [1.807, 2.05) is 60.7 Å². The molecule has 1 aliphatic heterocycles. The monoisotopic (exact) mass is 615 g/mol. The molecule has 41 heavy (non-hydrogen) atoms. The van der Waals surface area contributed by atoms with E-state index in [1.54, 1.807) is 12.1 Å². The summed E-state index contributed by atoms with van der Waals surface area (Å²) in [5, 5.41) is 11.0. The second-order valence-corrected chi connectivity index (χ2v) is 11.1. The molecule has 0 amide bonds. The molecule has 1 fully saturated rings. The molecule has 0 saturated carbocycles. The van der Waals surface area contributed by atoms with Gasteiger partial charge < -0.3 is 5.11 Å². The molecule has 0 unspecified atom stereocenters. The van der Waals surface area contributed by atoms with Crippen molar-refractivity contribution in [2.24, 2.45) is 0 Å². The number of β-amino-alcohol motifs (C(OH)–C–C–N with tert-alkyl or cyclic N) is 1. The second-order valence-electron chi connectivity index (χ2n) is 9.91. The van der Waals surface area contributed by atoms with Gasteiger partial charge in [-0.3, -0.25) is 9.69 Å². The van der Waals surface area contributed by atoms with Crippen LogP contribution >= 0.6 is 34.8 Å². The maximum absolute atomic E-state index is 13.9. The summed E-state index contributed by atoms with van der Waals surface area (Å²) in [5.41, 5.74) is 0.0433. The highest BCUT2D eigenvalue weighted by Crippen LogP contribution is 2.42. The average molecular weight is 617 g/mol. The van der Waals surface area contributed by atoms with Crippen LogP contribution in [0.25, 0.3) is 5.57 Å². The number of carbonyl (C=O) groups is 1. The van der Waals surface area contributed by atoms with Gasteiger partial charge in [-0.15, -0.1) is 0 Å². The predicted octanol–water partition coefficient (Wildman–Crippen LogP) is 8.77. The molecular formula is C32H23Cl3F3NO2. The number of hydrogen-bond donors (Lipinski definition) is 1. The van der Waals surface area contributed by atoms with E-state index in [0.29, 0.717) is 24.7 Å². The fourth-order valence-corrected chi connectivity index (χ4v) is 5.67. The van der Waals surface area contributed by atoms with E-state index in [4.69, 9.17) is 34.8 Å². The van der Waals surface area contributed by atoms with Crippen LogP contribution in [-0.2, 0) is 5.60 Å². The van der Waals surface area contributed by atoms with Gasteiger partial charge in [0.15, 0.2) is 5.78 Å². The first kappa shape index (κ1) is 29.4. The lowest BCUT2D eigenvalue weighted by Crippen LogP contribution is -2.60. The molecule has 9 heteroatoms. The largest absolute Gasteiger partial charge is 0.417 e. The van der Waals surface area contributed by atoms with Crippen molar-refractivity contribution < 1.29 is 23.1 Å². The molecule has 4 aromatic carbocycles. The minimum atomic E-state index is -4.85. The van der Waals surface area contributed by atoms with E-state index in [0.717, 1.165) is 23.3 Å². The number of allylic oxidation sites excluding steroid dienone is 2. The van der Waals surface area contributed by atoms with E-state index >= 15 is 0 Å². The molecular weight excluding hydrogens is 594 g/mol. The number of carbonyl (C=O) groups excluding carboxylic acids is 1. The highest BCUT2D eigenvalue weighted by molar-refractivity contribution is 6.48. The Balaban J connectivity index is 1.36. The molecule has 1 N–H and O–H groups in total. The Hall–Kier alpha value is -3.13. The number of alkyl halides is 3. The van der Waals surface area contributed by atoms with Crippen molar-refractivity contribution >= 4 is 46.2 Å². The molecule has 0 aromatic heterocycles. The van der Waals surface area contributed by atoms with Crippen molar-refractivity contribution in [3.8, 4) is 0 Å². The molecule has 1 saturated heterocycles. The van der Waals surface area contributed by atoms with Crippen LogP contribution in [0.5, 0.6) is 0 Å². The zero-order chi connectivity index (χ0) is 29.4. The maximum atomic E-state index is 13.9. The van der Waals surface area contributed by atoms with Crippen molar-refractivity contribution in [1.82, 2.24) is 4.90 Å². The first-order chi connectivity index (χ1) is 19.5. The van der Waals surface area contributed by atoms with Gasteiger partial charge in [-0.1, -0.05) is 120 Å². The number of aliphatic hydroxyl groups is 1. The summed E-state index contributed by atoms with van der Waals surface area (Å²) in [4.78, 5) is 15.0. The van der Waals surface area contributed by atoms with Crippen molar-refractivity contribution in [1.29, 1.82) is 0 Å². The van der Waals surface area contributed by atoms with Gasteiger partial charge in [0.05, 0.1) is 26.7 Å². The molecule has 1 aliphatic rings. The van der Waals surface area contributed by atoms with Crippen LogP contribution in [-0.4, -0.2) is 35.1 Å². The van der Waals surface area contributed by atoms with Crippen LogP contribution < -0.4 is 0 Å². The number of rotatable bonds is 7. The van der Waals surface area contributed by atoms with Crippen LogP contribution in [0.1, 0.15) is 38.7 Å². The summed E-state index contributed by atoms with van der Waals surface area (Å²) in [6.07, 6.45) is -4.34. The van der Waals surface area contributed by atoms with Crippen LogP contribution in [0.15, 0.2) is 103 Å². The van der Waals surface area contributed by atoms with Crippen molar-refractivity contribution in [3.05, 3.63) is 146 Å². The van der Waals surface area contributed by atoms with Crippen LogP contribution in [0.2, 0.25) is 15.1 Å². The summed E-state index contributed by atoms with van der Waals surface area (Å²) >= 11 is 17.7. The molecule has 0 bridgehead atoms. The highest BCUT2D eigenvalue weighted by Gasteiger charge is 2.46. The summed E-state index contributed by atoms with van der Waals surface area (Å²) < 4.78 is 41.7. The van der Waals surface area contributed by atoms with Gasteiger partial charge in [0.25, 0.3) is 0 Å². The van der Waals surface area contributed by atoms with E-state index in [9.17, 15) is 23.1 Å². The average Bonchev–Trinajstić information content (AvgIpc) is 2.94.